The Bertz CT molecular complexity index is 735. The molecule has 136 valence electrons. The Morgan fingerprint density at radius 1 is 1.04 bits per heavy atom. The summed E-state index contributed by atoms with van der Waals surface area (Å²) in [6, 6.07) is 15.4. The van der Waals surface area contributed by atoms with E-state index in [1.165, 1.54) is 12.1 Å². The molecule has 1 saturated heterocycles. The lowest BCUT2D eigenvalue weighted by Crippen LogP contribution is -2.49. The van der Waals surface area contributed by atoms with Gasteiger partial charge in [-0.05, 0) is 48.5 Å². The van der Waals surface area contributed by atoms with Crippen LogP contribution < -0.4 is 9.64 Å². The van der Waals surface area contributed by atoms with Crippen LogP contribution in [-0.2, 0) is 0 Å². The van der Waals surface area contributed by atoms with Gasteiger partial charge >= 0.3 is 0 Å². The zero-order valence-electron chi connectivity index (χ0n) is 14.5. The maximum atomic E-state index is 13.0. The molecule has 5 nitrogen and oxygen atoms in total. The van der Waals surface area contributed by atoms with Crippen LogP contribution >= 0.6 is 0 Å². The number of nitriles is 1. The Morgan fingerprint density at radius 3 is 2.31 bits per heavy atom. The number of rotatable bonds is 6. The van der Waals surface area contributed by atoms with Crippen molar-refractivity contribution in [3.05, 3.63) is 59.9 Å². The smallest absolute Gasteiger partial charge is 0.123 e. The molecule has 1 fully saturated rings. The molecule has 2 aromatic rings. The molecule has 2 aromatic carbocycles. The van der Waals surface area contributed by atoms with Crippen LogP contribution in [0.2, 0.25) is 0 Å². The Kier molecular flexibility index (Phi) is 6.05. The van der Waals surface area contributed by atoms with Gasteiger partial charge in [0.25, 0.3) is 0 Å². The van der Waals surface area contributed by atoms with Crippen molar-refractivity contribution in [1.82, 2.24) is 4.90 Å². The molecule has 0 bridgehead atoms. The predicted molar refractivity (Wildman–Crippen MR) is 97.7 cm³/mol. The van der Waals surface area contributed by atoms with Crippen LogP contribution in [0.3, 0.4) is 0 Å². The number of anilines is 1. The fourth-order valence-corrected chi connectivity index (χ4v) is 3.01. The van der Waals surface area contributed by atoms with Crippen molar-refractivity contribution in [1.29, 1.82) is 5.26 Å². The molecule has 0 amide bonds. The molecular formula is C20H22FN3O2. The van der Waals surface area contributed by atoms with Crippen LogP contribution in [0.15, 0.2) is 48.5 Å². The van der Waals surface area contributed by atoms with Gasteiger partial charge in [0.2, 0.25) is 0 Å². The van der Waals surface area contributed by atoms with Crippen molar-refractivity contribution in [2.45, 2.75) is 6.10 Å². The standard InChI is InChI=1S/C20H22FN3O2/c21-17-3-5-18(6-4-17)24-11-9-23(10-12-24)14-19(25)15-26-20-7-1-16(13-22)2-8-20/h1-8,19,25H,9-12,14-15H2/t19-/m0/s1. The van der Waals surface area contributed by atoms with Gasteiger partial charge in [0, 0.05) is 38.4 Å². The largest absolute Gasteiger partial charge is 0.491 e. The summed E-state index contributed by atoms with van der Waals surface area (Å²) in [5, 5.41) is 19.0. The van der Waals surface area contributed by atoms with Crippen molar-refractivity contribution >= 4 is 5.69 Å². The van der Waals surface area contributed by atoms with Gasteiger partial charge in [0.05, 0.1) is 11.6 Å². The summed E-state index contributed by atoms with van der Waals surface area (Å²) in [4.78, 5) is 4.42. The first-order chi connectivity index (χ1) is 12.6. The van der Waals surface area contributed by atoms with Crippen molar-refractivity contribution in [2.75, 3.05) is 44.2 Å². The minimum absolute atomic E-state index is 0.212. The van der Waals surface area contributed by atoms with Crippen LogP contribution in [0.5, 0.6) is 5.75 Å². The fourth-order valence-electron chi connectivity index (χ4n) is 3.01. The van der Waals surface area contributed by atoms with E-state index in [1.807, 2.05) is 0 Å². The molecule has 1 heterocycles. The van der Waals surface area contributed by atoms with Crippen molar-refractivity contribution < 1.29 is 14.2 Å². The number of nitrogens with zero attached hydrogens (tertiary/aromatic N) is 3. The lowest BCUT2D eigenvalue weighted by atomic mass is 10.2. The van der Waals surface area contributed by atoms with E-state index in [9.17, 15) is 9.50 Å². The maximum absolute atomic E-state index is 13.0. The highest BCUT2D eigenvalue weighted by Gasteiger charge is 2.19. The monoisotopic (exact) mass is 355 g/mol. The Hall–Kier alpha value is -2.62. The molecule has 6 heteroatoms. The summed E-state index contributed by atoms with van der Waals surface area (Å²) in [5.41, 5.74) is 1.60. The summed E-state index contributed by atoms with van der Waals surface area (Å²) in [7, 11) is 0. The first-order valence-electron chi connectivity index (χ1n) is 8.68. The quantitative estimate of drug-likeness (QED) is 0.861. The van der Waals surface area contributed by atoms with Crippen molar-refractivity contribution in [2.24, 2.45) is 0 Å². The van der Waals surface area contributed by atoms with Gasteiger partial charge in [-0.2, -0.15) is 5.26 Å². The lowest BCUT2D eigenvalue weighted by Gasteiger charge is -2.36. The van der Waals surface area contributed by atoms with Crippen LogP contribution in [0.25, 0.3) is 0 Å². The zero-order chi connectivity index (χ0) is 18.4. The van der Waals surface area contributed by atoms with E-state index in [2.05, 4.69) is 15.9 Å². The third kappa shape index (κ3) is 4.94. The summed E-state index contributed by atoms with van der Waals surface area (Å²) < 4.78 is 18.6. The van der Waals surface area contributed by atoms with E-state index in [1.54, 1.807) is 36.4 Å². The summed E-state index contributed by atoms with van der Waals surface area (Å²) >= 11 is 0. The van der Waals surface area contributed by atoms with Crippen LogP contribution in [0.1, 0.15) is 5.56 Å². The number of aliphatic hydroxyl groups is 1. The Balaban J connectivity index is 1.40. The molecule has 0 saturated carbocycles. The van der Waals surface area contributed by atoms with Crippen LogP contribution in [0.4, 0.5) is 10.1 Å². The molecular weight excluding hydrogens is 333 g/mol. The van der Waals surface area contributed by atoms with E-state index < -0.39 is 6.10 Å². The second-order valence-electron chi connectivity index (χ2n) is 6.37. The molecule has 1 atom stereocenters. The molecule has 1 aliphatic heterocycles. The van der Waals surface area contributed by atoms with Gasteiger partial charge in [-0.15, -0.1) is 0 Å². The molecule has 0 aliphatic carbocycles. The molecule has 0 aromatic heterocycles. The third-order valence-corrected chi connectivity index (χ3v) is 4.46. The highest BCUT2D eigenvalue weighted by atomic mass is 19.1. The number of hydrogen-bond donors (Lipinski definition) is 1. The van der Waals surface area contributed by atoms with Crippen molar-refractivity contribution in [3.8, 4) is 11.8 Å². The minimum atomic E-state index is -0.581. The predicted octanol–water partition coefficient (Wildman–Crippen LogP) is 2.26. The number of β-amino-alcohol motifs (C(OH)–C–C–N with tert-alkyl or cyclic N) is 1. The highest BCUT2D eigenvalue weighted by Crippen LogP contribution is 2.17. The number of ether oxygens (including phenoxy) is 1. The normalized spacial score (nSPS) is 16.1. The third-order valence-electron chi connectivity index (χ3n) is 4.46. The molecule has 0 spiro atoms. The first-order valence-corrected chi connectivity index (χ1v) is 8.68. The molecule has 26 heavy (non-hydrogen) atoms. The first kappa shape index (κ1) is 18.2. The highest BCUT2D eigenvalue weighted by molar-refractivity contribution is 5.46. The van der Waals surface area contributed by atoms with Gasteiger partial charge in [0.1, 0.15) is 24.3 Å². The van der Waals surface area contributed by atoms with E-state index in [4.69, 9.17) is 10.00 Å². The number of benzene rings is 2. The summed E-state index contributed by atoms with van der Waals surface area (Å²) in [6.45, 7) is 4.12. The van der Waals surface area contributed by atoms with Crippen LogP contribution in [-0.4, -0.2) is 55.4 Å². The van der Waals surface area contributed by atoms with Gasteiger partial charge < -0.3 is 14.7 Å². The Labute approximate surface area is 152 Å². The van der Waals surface area contributed by atoms with E-state index in [0.717, 1.165) is 31.9 Å². The average Bonchev–Trinajstić information content (AvgIpc) is 2.68. The number of aliphatic hydroxyl groups excluding tert-OH is 1. The minimum Gasteiger partial charge on any atom is -0.491 e. The lowest BCUT2D eigenvalue weighted by molar-refractivity contribution is 0.0663. The maximum Gasteiger partial charge on any atom is 0.123 e. The molecule has 0 radical (unpaired) electrons. The summed E-state index contributed by atoms with van der Waals surface area (Å²) in [5.74, 6) is 0.418. The molecule has 3 rings (SSSR count). The van der Waals surface area contributed by atoms with E-state index >= 15 is 0 Å². The second kappa shape index (κ2) is 8.65. The number of hydrogen-bond acceptors (Lipinski definition) is 5. The fraction of sp³-hybridized carbons (Fsp3) is 0.350. The van der Waals surface area contributed by atoms with Crippen molar-refractivity contribution in [3.63, 3.8) is 0 Å². The van der Waals surface area contributed by atoms with Crippen LogP contribution in [0, 0.1) is 17.1 Å². The number of piperazine rings is 1. The molecule has 1 aliphatic rings. The topological polar surface area (TPSA) is 59.7 Å². The molecule has 0 unspecified atom stereocenters. The van der Waals surface area contributed by atoms with Gasteiger partial charge in [-0.1, -0.05) is 0 Å². The molecule has 1 N–H and O–H groups in total. The van der Waals surface area contributed by atoms with Gasteiger partial charge in [-0.3, -0.25) is 4.90 Å². The summed E-state index contributed by atoms with van der Waals surface area (Å²) in [6.07, 6.45) is -0.581. The second-order valence-corrected chi connectivity index (χ2v) is 6.37. The number of halogens is 1. The van der Waals surface area contributed by atoms with Gasteiger partial charge in [0.15, 0.2) is 0 Å². The van der Waals surface area contributed by atoms with Gasteiger partial charge in [-0.25, -0.2) is 4.39 Å². The Morgan fingerprint density at radius 2 is 1.69 bits per heavy atom. The van der Waals surface area contributed by atoms with E-state index in [-0.39, 0.29) is 12.4 Å². The SMILES string of the molecule is N#Cc1ccc(OC[C@@H](O)CN2CCN(c3ccc(F)cc3)CC2)cc1. The van der Waals surface area contributed by atoms with E-state index in [0.29, 0.717) is 17.9 Å². The zero-order valence-corrected chi connectivity index (χ0v) is 14.5. The average molecular weight is 355 g/mol.